The Balaban J connectivity index is 4.24. The van der Waals surface area contributed by atoms with Gasteiger partial charge in [-0.15, -0.1) is 0 Å². The highest BCUT2D eigenvalue weighted by atomic mass is 32.2. The molecule has 1 N–H and O–H groups in total. The highest BCUT2D eigenvalue weighted by molar-refractivity contribution is 7.89. The van der Waals surface area contributed by atoms with E-state index in [1.807, 2.05) is 0 Å². The lowest BCUT2D eigenvalue weighted by Crippen LogP contribution is -2.32. The van der Waals surface area contributed by atoms with Crippen LogP contribution in [-0.2, 0) is 19.6 Å². The number of esters is 1. The molecule has 5 nitrogen and oxygen atoms in total. The van der Waals surface area contributed by atoms with Crippen molar-refractivity contribution in [2.24, 2.45) is 5.92 Å². The van der Waals surface area contributed by atoms with Crippen LogP contribution >= 0.6 is 0 Å². The quantitative estimate of drug-likeness (QED) is 0.143. The summed E-state index contributed by atoms with van der Waals surface area (Å²) in [6, 6.07) is 0. The van der Waals surface area contributed by atoms with Crippen LogP contribution in [0.3, 0.4) is 0 Å². The van der Waals surface area contributed by atoms with E-state index in [-0.39, 0.29) is 24.8 Å². The lowest BCUT2D eigenvalue weighted by atomic mass is 9.96. The lowest BCUT2D eigenvalue weighted by Gasteiger charge is -2.17. The van der Waals surface area contributed by atoms with Crippen molar-refractivity contribution >= 4 is 16.0 Å². The fraction of sp³-hybridized carbons (Fsp3) is 0.870. The Morgan fingerprint density at radius 3 is 1.90 bits per heavy atom. The van der Waals surface area contributed by atoms with Crippen molar-refractivity contribution in [2.75, 3.05) is 18.9 Å². The van der Waals surface area contributed by atoms with Crippen LogP contribution in [0.25, 0.3) is 0 Å². The highest BCUT2D eigenvalue weighted by Gasteiger charge is 2.18. The zero-order valence-electron chi connectivity index (χ0n) is 18.9. The number of rotatable bonds is 21. The monoisotopic (exact) mass is 431 g/mol. The van der Waals surface area contributed by atoms with Crippen molar-refractivity contribution < 1.29 is 17.9 Å². The highest BCUT2D eigenvalue weighted by Crippen LogP contribution is 2.20. The second kappa shape index (κ2) is 19.1. The number of ether oxygens (including phenoxy) is 1. The molecule has 0 radical (unpaired) electrons. The molecule has 0 rings (SSSR count). The van der Waals surface area contributed by atoms with Crippen molar-refractivity contribution in [3.63, 3.8) is 0 Å². The van der Waals surface area contributed by atoms with Crippen molar-refractivity contribution in [1.82, 2.24) is 4.72 Å². The number of hydrogen-bond donors (Lipinski definition) is 1. The Morgan fingerprint density at radius 2 is 1.38 bits per heavy atom. The van der Waals surface area contributed by atoms with Gasteiger partial charge in [-0.2, -0.15) is 0 Å². The molecule has 29 heavy (non-hydrogen) atoms. The molecule has 0 aromatic heterocycles. The number of hydrogen-bond acceptors (Lipinski definition) is 4. The molecule has 0 aliphatic carbocycles. The van der Waals surface area contributed by atoms with E-state index in [1.54, 1.807) is 0 Å². The molecule has 0 spiro atoms. The summed E-state index contributed by atoms with van der Waals surface area (Å²) in [4.78, 5) is 11.0. The van der Waals surface area contributed by atoms with Crippen molar-refractivity contribution in [3.8, 4) is 0 Å². The standard InChI is InChI=1S/C23H45NO4S/c1-4-7-9-11-12-13-14-16-18-22(17-15-10-8-5-2)21-29(26,27)24-19-20-28-23(25)6-3/h6,22,24H,3-5,7-21H2,1-2H3. The summed E-state index contributed by atoms with van der Waals surface area (Å²) in [6.45, 7) is 7.88. The smallest absolute Gasteiger partial charge is 0.330 e. The predicted octanol–water partition coefficient (Wildman–Crippen LogP) is 5.75. The molecule has 0 aliphatic rings. The van der Waals surface area contributed by atoms with Crippen molar-refractivity contribution in [3.05, 3.63) is 12.7 Å². The van der Waals surface area contributed by atoms with Gasteiger partial charge in [-0.25, -0.2) is 17.9 Å². The van der Waals surface area contributed by atoms with Crippen LogP contribution in [0, 0.1) is 5.92 Å². The summed E-state index contributed by atoms with van der Waals surface area (Å²) in [5.41, 5.74) is 0. The molecular weight excluding hydrogens is 386 g/mol. The van der Waals surface area contributed by atoms with Crippen LogP contribution < -0.4 is 4.72 Å². The third-order valence-corrected chi connectivity index (χ3v) is 6.78. The average Bonchev–Trinajstić information content (AvgIpc) is 2.69. The van der Waals surface area contributed by atoms with Gasteiger partial charge in [-0.1, -0.05) is 97.5 Å². The third-order valence-electron chi connectivity index (χ3n) is 5.22. The molecular formula is C23H45NO4S. The molecule has 0 aromatic rings. The minimum Gasteiger partial charge on any atom is -0.461 e. The first-order chi connectivity index (χ1) is 13.9. The van der Waals surface area contributed by atoms with E-state index >= 15 is 0 Å². The first-order valence-electron chi connectivity index (χ1n) is 11.7. The van der Waals surface area contributed by atoms with Gasteiger partial charge < -0.3 is 4.74 Å². The lowest BCUT2D eigenvalue weighted by molar-refractivity contribution is -0.137. The maximum Gasteiger partial charge on any atom is 0.330 e. The zero-order chi connectivity index (χ0) is 21.8. The summed E-state index contributed by atoms with van der Waals surface area (Å²) >= 11 is 0. The van der Waals surface area contributed by atoms with E-state index in [2.05, 4.69) is 25.1 Å². The van der Waals surface area contributed by atoms with Gasteiger partial charge in [-0.05, 0) is 18.8 Å². The maximum atomic E-state index is 12.4. The Hall–Kier alpha value is -0.880. The van der Waals surface area contributed by atoms with E-state index in [4.69, 9.17) is 4.74 Å². The first kappa shape index (κ1) is 28.1. The molecule has 0 saturated heterocycles. The Bertz CT molecular complexity index is 505. The van der Waals surface area contributed by atoms with Gasteiger partial charge >= 0.3 is 5.97 Å². The van der Waals surface area contributed by atoms with E-state index in [9.17, 15) is 13.2 Å². The topological polar surface area (TPSA) is 72.5 Å². The second-order valence-electron chi connectivity index (χ2n) is 8.03. The second-order valence-corrected chi connectivity index (χ2v) is 9.88. The molecule has 0 heterocycles. The minimum absolute atomic E-state index is 0.0310. The Morgan fingerprint density at radius 1 is 0.897 bits per heavy atom. The van der Waals surface area contributed by atoms with Gasteiger partial charge in [0, 0.05) is 12.6 Å². The number of nitrogens with one attached hydrogen (secondary N) is 1. The average molecular weight is 432 g/mol. The van der Waals surface area contributed by atoms with Gasteiger partial charge in [0.25, 0.3) is 0 Å². The molecule has 1 unspecified atom stereocenters. The van der Waals surface area contributed by atoms with Crippen LogP contribution in [0.2, 0.25) is 0 Å². The summed E-state index contributed by atoms with van der Waals surface area (Å²) in [6.07, 6.45) is 17.8. The zero-order valence-corrected chi connectivity index (χ0v) is 19.7. The molecule has 0 amide bonds. The van der Waals surface area contributed by atoms with E-state index in [0.29, 0.717) is 0 Å². The molecule has 0 aromatic carbocycles. The van der Waals surface area contributed by atoms with Crippen molar-refractivity contribution in [2.45, 2.75) is 104 Å². The van der Waals surface area contributed by atoms with Crippen LogP contribution in [0.15, 0.2) is 12.7 Å². The number of carbonyl (C=O) groups excluding carboxylic acids is 1. The minimum atomic E-state index is -3.35. The molecule has 1 atom stereocenters. The van der Waals surface area contributed by atoms with Crippen LogP contribution in [-0.4, -0.2) is 33.3 Å². The SMILES string of the molecule is C=CC(=O)OCCNS(=O)(=O)CC(CCCCCC)CCCCCCCCCC. The molecule has 0 aliphatic heterocycles. The molecule has 6 heteroatoms. The normalized spacial score (nSPS) is 12.6. The first-order valence-corrected chi connectivity index (χ1v) is 13.4. The van der Waals surface area contributed by atoms with Gasteiger partial charge in [-0.3, -0.25) is 0 Å². The van der Waals surface area contributed by atoms with Gasteiger partial charge in [0.15, 0.2) is 0 Å². The van der Waals surface area contributed by atoms with Crippen LogP contribution in [0.4, 0.5) is 0 Å². The number of sulfonamides is 1. The molecule has 0 bridgehead atoms. The van der Waals surface area contributed by atoms with Crippen LogP contribution in [0.5, 0.6) is 0 Å². The summed E-state index contributed by atoms with van der Waals surface area (Å²) in [5, 5.41) is 0. The Labute approximate surface area is 180 Å². The third kappa shape index (κ3) is 18.9. The molecule has 0 fully saturated rings. The van der Waals surface area contributed by atoms with Gasteiger partial charge in [0.1, 0.15) is 6.61 Å². The van der Waals surface area contributed by atoms with Gasteiger partial charge in [0.2, 0.25) is 10.0 Å². The molecule has 172 valence electrons. The van der Waals surface area contributed by atoms with E-state index < -0.39 is 16.0 Å². The summed E-state index contributed by atoms with van der Waals surface area (Å²) < 4.78 is 32.2. The fourth-order valence-electron chi connectivity index (χ4n) is 3.51. The predicted molar refractivity (Wildman–Crippen MR) is 122 cm³/mol. The fourth-order valence-corrected chi connectivity index (χ4v) is 4.98. The number of carbonyl (C=O) groups is 1. The summed E-state index contributed by atoms with van der Waals surface area (Å²) in [7, 11) is -3.35. The van der Waals surface area contributed by atoms with E-state index in [0.717, 1.165) is 31.8 Å². The Kier molecular flexibility index (Phi) is 18.5. The molecule has 0 saturated carbocycles. The van der Waals surface area contributed by atoms with Crippen LogP contribution in [0.1, 0.15) is 104 Å². The van der Waals surface area contributed by atoms with Crippen molar-refractivity contribution in [1.29, 1.82) is 0 Å². The largest absolute Gasteiger partial charge is 0.461 e. The van der Waals surface area contributed by atoms with E-state index in [1.165, 1.54) is 64.2 Å². The number of unbranched alkanes of at least 4 members (excludes halogenated alkanes) is 10. The maximum absolute atomic E-state index is 12.4. The summed E-state index contributed by atoms with van der Waals surface area (Å²) in [5.74, 6) is -0.154. The van der Waals surface area contributed by atoms with Gasteiger partial charge in [0.05, 0.1) is 5.75 Å².